The highest BCUT2D eigenvalue weighted by Gasteiger charge is 2.43. The van der Waals surface area contributed by atoms with Crippen LogP contribution >= 0.6 is 0 Å². The minimum Gasteiger partial charge on any atom is -0.507 e. The number of nitrogens with zero attached hydrogens (tertiary/aromatic N) is 4. The summed E-state index contributed by atoms with van der Waals surface area (Å²) in [6.07, 6.45) is 5.58. The zero-order chi connectivity index (χ0) is 24.0. The van der Waals surface area contributed by atoms with Gasteiger partial charge in [-0.25, -0.2) is 18.2 Å². The monoisotopic (exact) mass is 471 g/mol. The zero-order valence-corrected chi connectivity index (χ0v) is 18.5. The fourth-order valence-corrected chi connectivity index (χ4v) is 4.92. The van der Waals surface area contributed by atoms with E-state index in [2.05, 4.69) is 15.3 Å². The minimum absolute atomic E-state index is 0.00296. The summed E-state index contributed by atoms with van der Waals surface area (Å²) in [5.41, 5.74) is -0.0266. The van der Waals surface area contributed by atoms with E-state index >= 15 is 0 Å². The summed E-state index contributed by atoms with van der Waals surface area (Å²) in [6, 6.07) is 4.67. The van der Waals surface area contributed by atoms with Gasteiger partial charge in [-0.2, -0.15) is 0 Å². The largest absolute Gasteiger partial charge is 0.507 e. The van der Waals surface area contributed by atoms with Gasteiger partial charge in [0.15, 0.2) is 6.80 Å². The van der Waals surface area contributed by atoms with Gasteiger partial charge in [0.05, 0.1) is 24.1 Å². The number of hydrogen-bond donors (Lipinski definition) is 2. The topological polar surface area (TPSA) is 83.3 Å². The summed E-state index contributed by atoms with van der Waals surface area (Å²) in [5, 5.41) is 13.8. The average molecular weight is 471 g/mol. The van der Waals surface area contributed by atoms with E-state index in [-0.39, 0.29) is 40.2 Å². The summed E-state index contributed by atoms with van der Waals surface area (Å²) in [7, 11) is 1.79. The Morgan fingerprint density at radius 2 is 2.03 bits per heavy atom. The number of alkyl halides is 2. The number of benzene rings is 1. The predicted octanol–water partition coefficient (Wildman–Crippen LogP) is 3.41. The van der Waals surface area contributed by atoms with Crippen LogP contribution in [0.1, 0.15) is 19.3 Å². The molecule has 2 N–H and O–H groups in total. The molecule has 1 aromatic carbocycles. The Kier molecular flexibility index (Phi) is 5.76. The first-order valence-electron chi connectivity index (χ1n) is 11.1. The molecule has 0 spiro atoms. The SMILES string of the molecule is CN(c1cnc(-c2cc(F)c(-c3ccn(CF)c(=O)c3)cc2O)cn1)C1CC2CCC(N2)C1F. The van der Waals surface area contributed by atoms with Crippen molar-refractivity contribution in [3.8, 4) is 28.1 Å². The average Bonchev–Trinajstić information content (AvgIpc) is 3.25. The third-order valence-electron chi connectivity index (χ3n) is 6.85. The van der Waals surface area contributed by atoms with E-state index < -0.39 is 24.3 Å². The number of phenols is 1. The minimum atomic E-state index is -1.01. The molecule has 7 nitrogen and oxygen atoms in total. The second kappa shape index (κ2) is 8.75. The molecule has 2 bridgehead atoms. The molecule has 10 heteroatoms. The van der Waals surface area contributed by atoms with Crippen LogP contribution in [-0.4, -0.2) is 51.0 Å². The van der Waals surface area contributed by atoms with Crippen LogP contribution < -0.4 is 15.8 Å². The number of pyridine rings is 1. The highest BCUT2D eigenvalue weighted by atomic mass is 19.1. The van der Waals surface area contributed by atoms with Gasteiger partial charge in [-0.1, -0.05) is 0 Å². The Labute approximate surface area is 193 Å². The maximum atomic E-state index is 14.9. The summed E-state index contributed by atoms with van der Waals surface area (Å²) >= 11 is 0. The van der Waals surface area contributed by atoms with Gasteiger partial charge in [-0.05, 0) is 43.0 Å². The molecule has 4 atom stereocenters. The molecule has 2 fully saturated rings. The molecule has 3 aromatic rings. The number of aromatic hydroxyl groups is 1. The van der Waals surface area contributed by atoms with E-state index in [0.29, 0.717) is 18.3 Å². The van der Waals surface area contributed by atoms with Gasteiger partial charge in [0.25, 0.3) is 5.56 Å². The van der Waals surface area contributed by atoms with Crippen LogP contribution in [0.4, 0.5) is 19.0 Å². The van der Waals surface area contributed by atoms with Gasteiger partial charge in [0, 0.05) is 42.5 Å². The van der Waals surface area contributed by atoms with Crippen molar-refractivity contribution in [2.45, 2.75) is 50.4 Å². The summed E-state index contributed by atoms with van der Waals surface area (Å²) in [6.45, 7) is -0.986. The maximum Gasteiger partial charge on any atom is 0.253 e. The number of piperidine rings is 1. The molecule has 4 unspecified atom stereocenters. The molecule has 0 radical (unpaired) electrons. The lowest BCUT2D eigenvalue weighted by Gasteiger charge is -2.38. The number of nitrogens with one attached hydrogen (secondary N) is 1. The first-order valence-corrected chi connectivity index (χ1v) is 11.1. The third kappa shape index (κ3) is 3.91. The Morgan fingerprint density at radius 3 is 2.74 bits per heavy atom. The first-order chi connectivity index (χ1) is 16.4. The molecule has 0 amide bonds. The van der Waals surface area contributed by atoms with Crippen molar-refractivity contribution in [1.82, 2.24) is 19.9 Å². The number of hydrogen-bond acceptors (Lipinski definition) is 6. The van der Waals surface area contributed by atoms with Crippen LogP contribution in [0, 0.1) is 5.82 Å². The van der Waals surface area contributed by atoms with Crippen LogP contribution in [0.5, 0.6) is 5.75 Å². The third-order valence-corrected chi connectivity index (χ3v) is 6.85. The number of anilines is 1. The van der Waals surface area contributed by atoms with Gasteiger partial charge in [0.1, 0.15) is 23.6 Å². The fraction of sp³-hybridized carbons (Fsp3) is 0.375. The fourth-order valence-electron chi connectivity index (χ4n) is 4.92. The van der Waals surface area contributed by atoms with Crippen molar-refractivity contribution >= 4 is 5.82 Å². The number of halogens is 3. The van der Waals surface area contributed by atoms with Crippen LogP contribution in [0.2, 0.25) is 0 Å². The molecule has 4 heterocycles. The molecule has 5 rings (SSSR count). The van der Waals surface area contributed by atoms with Crippen molar-refractivity contribution in [3.63, 3.8) is 0 Å². The van der Waals surface area contributed by atoms with E-state index in [1.54, 1.807) is 11.9 Å². The zero-order valence-electron chi connectivity index (χ0n) is 18.5. The molecule has 0 saturated carbocycles. The lowest BCUT2D eigenvalue weighted by molar-refractivity contribution is 0.176. The van der Waals surface area contributed by atoms with Gasteiger partial charge in [-0.15, -0.1) is 0 Å². The molecule has 34 heavy (non-hydrogen) atoms. The van der Waals surface area contributed by atoms with Crippen molar-refractivity contribution in [2.75, 3.05) is 11.9 Å². The first kappa shape index (κ1) is 22.4. The lowest BCUT2D eigenvalue weighted by atomic mass is 9.96. The molecular weight excluding hydrogens is 447 g/mol. The van der Waals surface area contributed by atoms with Crippen LogP contribution in [0.25, 0.3) is 22.4 Å². The molecule has 2 aromatic heterocycles. The number of fused-ring (bicyclic) bond motifs is 2. The van der Waals surface area contributed by atoms with Crippen molar-refractivity contribution in [3.05, 3.63) is 59.0 Å². The van der Waals surface area contributed by atoms with E-state index in [9.17, 15) is 23.1 Å². The van der Waals surface area contributed by atoms with Crippen molar-refractivity contribution in [1.29, 1.82) is 0 Å². The van der Waals surface area contributed by atoms with Crippen molar-refractivity contribution < 1.29 is 18.3 Å². The number of aromatic nitrogens is 3. The van der Waals surface area contributed by atoms with Gasteiger partial charge < -0.3 is 15.3 Å². The Hall–Kier alpha value is -3.40. The summed E-state index contributed by atoms with van der Waals surface area (Å²) in [4.78, 5) is 22.4. The predicted molar refractivity (Wildman–Crippen MR) is 122 cm³/mol. The normalized spacial score (nSPS) is 23.8. The smallest absolute Gasteiger partial charge is 0.253 e. The Balaban J connectivity index is 1.39. The number of rotatable bonds is 5. The Bertz CT molecular complexity index is 1270. The molecular formula is C24H24F3N5O2. The second-order valence-corrected chi connectivity index (χ2v) is 8.86. The lowest BCUT2D eigenvalue weighted by Crippen LogP contribution is -2.55. The summed E-state index contributed by atoms with van der Waals surface area (Å²) < 4.78 is 43.4. The molecule has 178 valence electrons. The van der Waals surface area contributed by atoms with Crippen LogP contribution in [-0.2, 0) is 6.80 Å². The quantitative estimate of drug-likeness (QED) is 0.594. The Morgan fingerprint density at radius 1 is 1.21 bits per heavy atom. The van der Waals surface area contributed by atoms with Gasteiger partial charge in [-0.3, -0.25) is 14.3 Å². The molecule has 2 saturated heterocycles. The van der Waals surface area contributed by atoms with Crippen LogP contribution in [0.3, 0.4) is 0 Å². The highest BCUT2D eigenvalue weighted by Crippen LogP contribution is 2.36. The van der Waals surface area contributed by atoms with Gasteiger partial charge >= 0.3 is 0 Å². The van der Waals surface area contributed by atoms with Gasteiger partial charge in [0.2, 0.25) is 0 Å². The van der Waals surface area contributed by atoms with Crippen LogP contribution in [0.15, 0.2) is 47.7 Å². The second-order valence-electron chi connectivity index (χ2n) is 8.86. The summed E-state index contributed by atoms with van der Waals surface area (Å²) in [5.74, 6) is -0.443. The standard InChI is InChI=1S/C24H24F3N5O2/c1-31(20-7-14-2-3-18(30-14)24(20)27)22-11-28-19(10-29-22)16-8-17(26)15(9-21(16)33)13-4-5-32(12-25)23(34)6-13/h4-6,8-11,14,18,20,24,30,33H,2-3,7,12H2,1H3. The molecule has 2 aliphatic rings. The van der Waals surface area contributed by atoms with Crippen molar-refractivity contribution in [2.24, 2.45) is 0 Å². The molecule has 2 aliphatic heterocycles. The van der Waals surface area contributed by atoms with E-state index in [0.717, 1.165) is 29.5 Å². The maximum absolute atomic E-state index is 14.9. The van der Waals surface area contributed by atoms with E-state index in [1.807, 2.05) is 0 Å². The highest BCUT2D eigenvalue weighted by molar-refractivity contribution is 5.74. The van der Waals surface area contributed by atoms with E-state index in [1.165, 1.54) is 30.7 Å². The number of phenolic OH excluding ortho intramolecular Hbond substituents is 1. The van der Waals surface area contributed by atoms with E-state index in [4.69, 9.17) is 0 Å². The molecule has 0 aliphatic carbocycles.